The number of aromatic nitrogens is 1. The summed E-state index contributed by atoms with van der Waals surface area (Å²) in [5.41, 5.74) is 8.24. The Morgan fingerprint density at radius 3 is 2.89 bits per heavy atom. The molecule has 1 aromatic carbocycles. The van der Waals surface area contributed by atoms with Crippen molar-refractivity contribution in [2.24, 2.45) is 0 Å². The van der Waals surface area contributed by atoms with E-state index in [1.165, 1.54) is 0 Å². The second kappa shape index (κ2) is 7.83. The summed E-state index contributed by atoms with van der Waals surface area (Å²) >= 11 is 0. The number of benzene rings is 1. The first-order valence-electron chi connectivity index (χ1n) is 8.73. The third-order valence-electron chi connectivity index (χ3n) is 4.17. The van der Waals surface area contributed by atoms with Crippen LogP contribution in [-0.2, 0) is 16.1 Å². The van der Waals surface area contributed by atoms with Crippen LogP contribution in [0.25, 0.3) is 22.7 Å². The Kier molecular flexibility index (Phi) is 5.32. The Hall–Kier alpha value is -3.46. The van der Waals surface area contributed by atoms with Gasteiger partial charge >= 0.3 is 12.0 Å². The van der Waals surface area contributed by atoms with Crippen LogP contribution >= 0.6 is 0 Å². The molecule has 6 heteroatoms. The fourth-order valence-corrected chi connectivity index (χ4v) is 2.94. The van der Waals surface area contributed by atoms with Crippen molar-refractivity contribution in [1.82, 2.24) is 9.88 Å². The number of esters is 1. The van der Waals surface area contributed by atoms with Crippen LogP contribution in [0.4, 0.5) is 10.5 Å². The van der Waals surface area contributed by atoms with Crippen LogP contribution in [0, 0.1) is 0 Å². The quantitative estimate of drug-likeness (QED) is 0.356. The minimum Gasteiger partial charge on any atom is -0.460 e. The Morgan fingerprint density at radius 2 is 2.15 bits per heavy atom. The van der Waals surface area contributed by atoms with Gasteiger partial charge in [-0.25, -0.2) is 9.59 Å². The molecular formula is C21H21N3O3. The Morgan fingerprint density at radius 1 is 1.33 bits per heavy atom. The molecule has 0 saturated heterocycles. The molecule has 2 N–H and O–H groups in total. The SMILES string of the molecule is C=C(C)C(=O)OCCNC(=O)Nc1ccc2c(c1)c1c(n2CC)=CC=C=C=1. The van der Waals surface area contributed by atoms with E-state index in [-0.39, 0.29) is 19.2 Å². The first-order valence-corrected chi connectivity index (χ1v) is 8.73. The van der Waals surface area contributed by atoms with Crippen molar-refractivity contribution in [3.05, 3.63) is 52.7 Å². The molecule has 1 aliphatic rings. The number of urea groups is 1. The van der Waals surface area contributed by atoms with Gasteiger partial charge < -0.3 is 19.9 Å². The Bertz CT molecular complexity index is 1130. The number of aryl methyl sites for hydroxylation is 1. The summed E-state index contributed by atoms with van der Waals surface area (Å²) in [4.78, 5) is 23.3. The van der Waals surface area contributed by atoms with Gasteiger partial charge in [-0.3, -0.25) is 0 Å². The van der Waals surface area contributed by atoms with Crippen LogP contribution in [0.3, 0.4) is 0 Å². The molecule has 1 aromatic heterocycles. The standard InChI is InChI=1S/C21H21N3O3/c1-4-24-18-8-6-5-7-16(18)17-13-15(9-10-19(17)24)23-21(26)22-11-12-27-20(25)14(2)3/h6,8-10,13H,2,4,11-12H2,1,3H3,(H2,22,23,26). The maximum absolute atomic E-state index is 12.1. The van der Waals surface area contributed by atoms with Crippen LogP contribution in [0.2, 0.25) is 0 Å². The van der Waals surface area contributed by atoms with Crippen LogP contribution in [-0.4, -0.2) is 29.7 Å². The molecule has 0 bridgehead atoms. The third kappa shape index (κ3) is 3.87. The number of nitrogens with zero attached hydrogens (tertiary/aromatic N) is 1. The molecule has 0 unspecified atom stereocenters. The van der Waals surface area contributed by atoms with Crippen molar-refractivity contribution in [1.29, 1.82) is 0 Å². The molecule has 2 aromatic rings. The van der Waals surface area contributed by atoms with E-state index >= 15 is 0 Å². The normalized spacial score (nSPS) is 11.3. The summed E-state index contributed by atoms with van der Waals surface area (Å²) in [7, 11) is 0. The third-order valence-corrected chi connectivity index (χ3v) is 4.17. The zero-order valence-electron chi connectivity index (χ0n) is 15.4. The van der Waals surface area contributed by atoms with Crippen LogP contribution < -0.4 is 21.2 Å². The van der Waals surface area contributed by atoms with Crippen LogP contribution in [0.5, 0.6) is 0 Å². The Labute approximate surface area is 156 Å². The van der Waals surface area contributed by atoms with E-state index in [4.69, 9.17) is 4.74 Å². The van der Waals surface area contributed by atoms with E-state index in [1.807, 2.05) is 30.4 Å². The van der Waals surface area contributed by atoms with Gasteiger partial charge in [-0.1, -0.05) is 18.0 Å². The molecule has 1 aliphatic carbocycles. The zero-order valence-corrected chi connectivity index (χ0v) is 15.4. The average Bonchev–Trinajstić information content (AvgIpc) is 2.98. The van der Waals surface area contributed by atoms with E-state index in [9.17, 15) is 9.59 Å². The van der Waals surface area contributed by atoms with E-state index in [1.54, 1.807) is 6.92 Å². The number of ether oxygens (including phenoxy) is 1. The second-order valence-electron chi connectivity index (χ2n) is 6.14. The number of hydrogen-bond acceptors (Lipinski definition) is 3. The number of nitrogens with one attached hydrogen (secondary N) is 2. The van der Waals surface area contributed by atoms with Gasteiger partial charge in [0.25, 0.3) is 0 Å². The molecule has 2 amide bonds. The lowest BCUT2D eigenvalue weighted by atomic mass is 10.2. The molecule has 0 fully saturated rings. The molecule has 0 aliphatic heterocycles. The van der Waals surface area contributed by atoms with E-state index < -0.39 is 5.97 Å². The number of fused-ring (bicyclic) bond motifs is 3. The number of anilines is 1. The van der Waals surface area contributed by atoms with Crippen molar-refractivity contribution in [3.63, 3.8) is 0 Å². The molecule has 6 nitrogen and oxygen atoms in total. The average molecular weight is 363 g/mol. The van der Waals surface area contributed by atoms with Crippen molar-refractivity contribution in [2.45, 2.75) is 20.4 Å². The van der Waals surface area contributed by atoms with Crippen molar-refractivity contribution in [2.75, 3.05) is 18.5 Å². The topological polar surface area (TPSA) is 72.4 Å². The molecule has 0 spiro atoms. The van der Waals surface area contributed by atoms with E-state index in [0.717, 1.165) is 28.0 Å². The van der Waals surface area contributed by atoms with Gasteiger partial charge in [0.05, 0.1) is 17.1 Å². The summed E-state index contributed by atoms with van der Waals surface area (Å²) < 4.78 is 7.14. The Balaban J connectivity index is 1.71. The van der Waals surface area contributed by atoms with E-state index in [0.29, 0.717) is 11.3 Å². The lowest BCUT2D eigenvalue weighted by Crippen LogP contribution is -2.32. The van der Waals surface area contributed by atoms with Gasteiger partial charge in [-0.2, -0.15) is 0 Å². The number of carbonyl (C=O) groups excluding carboxylic acids is 2. The second-order valence-corrected chi connectivity index (χ2v) is 6.14. The van der Waals surface area contributed by atoms with Crippen molar-refractivity contribution < 1.29 is 14.3 Å². The van der Waals surface area contributed by atoms with Gasteiger partial charge in [0.2, 0.25) is 0 Å². The van der Waals surface area contributed by atoms with E-state index in [2.05, 4.69) is 40.2 Å². The summed E-state index contributed by atoms with van der Waals surface area (Å²) in [6.45, 7) is 8.31. The number of hydrogen-bond donors (Lipinski definition) is 2. The van der Waals surface area contributed by atoms with Crippen molar-refractivity contribution in [3.8, 4) is 0 Å². The minimum atomic E-state index is -0.469. The van der Waals surface area contributed by atoms with Crippen LogP contribution in [0.1, 0.15) is 13.8 Å². The fraction of sp³-hybridized carbons (Fsp3) is 0.238. The highest BCUT2D eigenvalue weighted by molar-refractivity contribution is 5.93. The number of carbonyl (C=O) groups is 2. The molecule has 1 heterocycles. The summed E-state index contributed by atoms with van der Waals surface area (Å²) in [6, 6.07) is 5.40. The predicted octanol–water partition coefficient (Wildman–Crippen LogP) is 1.79. The monoisotopic (exact) mass is 363 g/mol. The highest BCUT2D eigenvalue weighted by atomic mass is 16.5. The summed E-state index contributed by atoms with van der Waals surface area (Å²) in [5.74, 6) is -0.469. The molecule has 0 saturated carbocycles. The van der Waals surface area contributed by atoms with Crippen LogP contribution in [0.15, 0.2) is 42.2 Å². The minimum absolute atomic E-state index is 0.0902. The van der Waals surface area contributed by atoms with Gasteiger partial charge in [0, 0.05) is 28.7 Å². The first-order chi connectivity index (χ1) is 13.0. The molecule has 3 rings (SSSR count). The summed E-state index contributed by atoms with van der Waals surface area (Å²) in [6.07, 6.45) is 3.86. The zero-order chi connectivity index (χ0) is 19.4. The number of allylic oxidation sites excluding steroid dienone is 1. The van der Waals surface area contributed by atoms with Gasteiger partial charge in [-0.15, -0.1) is 0 Å². The predicted molar refractivity (Wildman–Crippen MR) is 106 cm³/mol. The maximum Gasteiger partial charge on any atom is 0.333 e. The molecule has 0 radical (unpaired) electrons. The molecule has 138 valence electrons. The highest BCUT2D eigenvalue weighted by Gasteiger charge is 2.09. The highest BCUT2D eigenvalue weighted by Crippen LogP contribution is 2.16. The molecule has 27 heavy (non-hydrogen) atoms. The number of amides is 2. The maximum atomic E-state index is 12.1. The largest absolute Gasteiger partial charge is 0.460 e. The van der Waals surface area contributed by atoms with Crippen molar-refractivity contribution >= 4 is 40.4 Å². The lowest BCUT2D eigenvalue weighted by Gasteiger charge is -2.09. The fourth-order valence-electron chi connectivity index (χ4n) is 2.94. The van der Waals surface area contributed by atoms with Gasteiger partial charge in [0.1, 0.15) is 6.61 Å². The molecule has 0 atom stereocenters. The summed E-state index contributed by atoms with van der Waals surface area (Å²) in [5, 5.41) is 8.52. The van der Waals surface area contributed by atoms with Gasteiger partial charge in [0.15, 0.2) is 0 Å². The van der Waals surface area contributed by atoms with Gasteiger partial charge in [-0.05, 0) is 44.2 Å². The molecular weight excluding hydrogens is 342 g/mol. The first kappa shape index (κ1) is 18.3. The number of rotatable bonds is 6. The lowest BCUT2D eigenvalue weighted by molar-refractivity contribution is -0.138. The smallest absolute Gasteiger partial charge is 0.333 e.